The van der Waals surface area contributed by atoms with Gasteiger partial charge in [-0.2, -0.15) is 0 Å². The van der Waals surface area contributed by atoms with Crippen LogP contribution in [-0.2, 0) is 20.3 Å². The molecule has 0 aliphatic carbocycles. The molecule has 3 nitrogen and oxygen atoms in total. The normalized spacial score (nSPS) is 11.8. The Bertz CT molecular complexity index is 409. The van der Waals surface area contributed by atoms with Crippen LogP contribution in [0.5, 0.6) is 0 Å². The molecule has 0 aromatic heterocycles. The third-order valence-corrected chi connectivity index (χ3v) is 3.14. The average Bonchev–Trinajstić information content (AvgIpc) is 2.41. The minimum atomic E-state index is -1.17. The van der Waals surface area contributed by atoms with Crippen molar-refractivity contribution in [3.8, 4) is 0 Å². The van der Waals surface area contributed by atoms with Crippen molar-refractivity contribution in [2.45, 2.75) is 39.1 Å². The van der Waals surface area contributed by atoms with Gasteiger partial charge in [0.1, 0.15) is 11.6 Å². The van der Waals surface area contributed by atoms with Gasteiger partial charge in [0.25, 0.3) is 16.5 Å². The van der Waals surface area contributed by atoms with Crippen LogP contribution in [0, 0.1) is 11.6 Å². The van der Waals surface area contributed by atoms with Crippen molar-refractivity contribution in [3.63, 3.8) is 0 Å². The fourth-order valence-electron chi connectivity index (χ4n) is 1.96. The first-order valence-corrected chi connectivity index (χ1v) is 7.04. The van der Waals surface area contributed by atoms with Crippen LogP contribution >= 0.6 is 0 Å². The highest BCUT2D eigenvalue weighted by Crippen LogP contribution is 2.23. The van der Waals surface area contributed by atoms with Crippen LogP contribution in [0.3, 0.4) is 0 Å². The monoisotopic (exact) mass is 301 g/mol. The summed E-state index contributed by atoms with van der Waals surface area (Å²) in [5.41, 5.74) is 0.460. The Morgan fingerprint density at radius 1 is 1.15 bits per heavy atom. The molecular weight excluding hydrogens is 282 g/mol. The van der Waals surface area contributed by atoms with E-state index in [1.807, 2.05) is 13.8 Å². The summed E-state index contributed by atoms with van der Waals surface area (Å²) in [4.78, 5) is 0. The molecule has 0 atom stereocenters. The number of hydrogen-bond acceptors (Lipinski definition) is 3. The lowest BCUT2D eigenvalue weighted by Crippen LogP contribution is -2.39. The van der Waals surface area contributed by atoms with E-state index in [2.05, 4.69) is 10.5 Å². The predicted octanol–water partition coefficient (Wildman–Crippen LogP) is 3.11. The number of halogens is 2. The van der Waals surface area contributed by atoms with Crippen molar-refractivity contribution < 1.29 is 22.7 Å². The molecule has 111 valence electrons. The maximum absolute atomic E-state index is 13.5. The summed E-state index contributed by atoms with van der Waals surface area (Å²) in [6.07, 6.45) is 1.45. The molecule has 0 aliphatic rings. The van der Waals surface area contributed by atoms with Gasteiger partial charge in [0.2, 0.25) is 0 Å². The fraction of sp³-hybridized carbons (Fsp3) is 0.571. The summed E-state index contributed by atoms with van der Waals surface area (Å²) >= 11 is 0. The molecule has 20 heavy (non-hydrogen) atoms. The van der Waals surface area contributed by atoms with Gasteiger partial charge in [0, 0.05) is 25.7 Å². The van der Waals surface area contributed by atoms with Gasteiger partial charge in [-0.3, -0.25) is 0 Å². The second-order valence-corrected chi connectivity index (χ2v) is 4.44. The van der Waals surface area contributed by atoms with E-state index in [0.717, 1.165) is 6.07 Å². The molecule has 0 amide bonds. The zero-order valence-corrected chi connectivity index (χ0v) is 12.7. The molecule has 1 aromatic rings. The second kappa shape index (κ2) is 8.46. The summed E-state index contributed by atoms with van der Waals surface area (Å²) in [6, 6.07) is 3.58. The predicted molar refractivity (Wildman–Crippen MR) is 72.1 cm³/mol. The van der Waals surface area contributed by atoms with Gasteiger partial charge in [-0.15, -0.1) is 0 Å². The molecule has 3 radical (unpaired) electrons. The van der Waals surface area contributed by atoms with Gasteiger partial charge < -0.3 is 13.9 Å². The van der Waals surface area contributed by atoms with E-state index in [1.54, 1.807) is 0 Å². The SMILES string of the molecule is CCOC(CCCc1ccc(F)cc1F)(O[Si])OCC. The van der Waals surface area contributed by atoms with Gasteiger partial charge in [0.15, 0.2) is 0 Å². The van der Waals surface area contributed by atoms with Crippen LogP contribution in [0.4, 0.5) is 8.78 Å². The van der Waals surface area contributed by atoms with Crippen molar-refractivity contribution >= 4 is 10.5 Å². The van der Waals surface area contributed by atoms with Gasteiger partial charge in [0.05, 0.1) is 0 Å². The molecule has 6 heteroatoms. The van der Waals surface area contributed by atoms with Crippen LogP contribution in [0.1, 0.15) is 32.3 Å². The van der Waals surface area contributed by atoms with Crippen molar-refractivity contribution in [1.29, 1.82) is 0 Å². The molecule has 1 rings (SSSR count). The smallest absolute Gasteiger partial charge is 0.272 e. The van der Waals surface area contributed by atoms with Crippen molar-refractivity contribution in [3.05, 3.63) is 35.4 Å². The minimum absolute atomic E-state index is 0.426. The highest BCUT2D eigenvalue weighted by molar-refractivity contribution is 5.98. The summed E-state index contributed by atoms with van der Waals surface area (Å²) < 4.78 is 42.3. The zero-order valence-electron chi connectivity index (χ0n) is 11.7. The molecule has 0 saturated heterocycles. The molecule has 0 N–H and O–H groups in total. The van der Waals surface area contributed by atoms with Gasteiger partial charge in [-0.1, -0.05) is 6.07 Å². The van der Waals surface area contributed by atoms with E-state index in [1.165, 1.54) is 12.1 Å². The first-order valence-electron chi connectivity index (χ1n) is 6.63. The molecule has 0 unspecified atom stereocenters. The Morgan fingerprint density at radius 3 is 2.30 bits per heavy atom. The van der Waals surface area contributed by atoms with Gasteiger partial charge >= 0.3 is 0 Å². The van der Waals surface area contributed by atoms with Gasteiger partial charge in [-0.05, 0) is 38.3 Å². The van der Waals surface area contributed by atoms with Crippen LogP contribution in [0.2, 0.25) is 0 Å². The largest absolute Gasteiger partial charge is 0.371 e. The Kier molecular flexibility index (Phi) is 7.29. The Morgan fingerprint density at radius 2 is 1.80 bits per heavy atom. The van der Waals surface area contributed by atoms with Crippen LogP contribution < -0.4 is 0 Å². The lowest BCUT2D eigenvalue weighted by Gasteiger charge is -2.31. The molecule has 0 bridgehead atoms. The zero-order chi connectivity index (χ0) is 15.0. The Balaban J connectivity index is 2.59. The summed E-state index contributed by atoms with van der Waals surface area (Å²) in [5.74, 6) is -2.29. The highest BCUT2D eigenvalue weighted by atomic mass is 28.2. The first kappa shape index (κ1) is 17.2. The molecule has 0 aliphatic heterocycles. The molecular formula is C14H19F2O3Si. The Hall–Kier alpha value is -0.823. The lowest BCUT2D eigenvalue weighted by atomic mass is 10.1. The van der Waals surface area contributed by atoms with Gasteiger partial charge in [-0.25, -0.2) is 8.78 Å². The van der Waals surface area contributed by atoms with E-state index in [0.29, 0.717) is 38.0 Å². The molecule has 1 aromatic carbocycles. The lowest BCUT2D eigenvalue weighted by molar-refractivity contribution is -0.343. The first-order chi connectivity index (χ1) is 9.56. The summed E-state index contributed by atoms with van der Waals surface area (Å²) in [6.45, 7) is 4.52. The van der Waals surface area contributed by atoms with E-state index in [-0.39, 0.29) is 0 Å². The average molecular weight is 301 g/mol. The molecule has 0 fully saturated rings. The van der Waals surface area contributed by atoms with Crippen molar-refractivity contribution in [2.75, 3.05) is 13.2 Å². The summed E-state index contributed by atoms with van der Waals surface area (Å²) in [5, 5.41) is 0. The van der Waals surface area contributed by atoms with E-state index in [4.69, 9.17) is 13.9 Å². The number of aryl methyl sites for hydroxylation is 1. The van der Waals surface area contributed by atoms with Crippen LogP contribution in [-0.4, -0.2) is 29.7 Å². The van der Waals surface area contributed by atoms with Crippen LogP contribution in [0.25, 0.3) is 0 Å². The highest BCUT2D eigenvalue weighted by Gasteiger charge is 2.30. The standard InChI is InChI=1S/C14H19F2O3Si/c1-3-17-14(19-20,18-4-2)9-5-6-11-7-8-12(15)10-13(11)16/h7-8,10H,3-6,9H2,1-2H3. The fourth-order valence-corrected chi connectivity index (χ4v) is 2.18. The van der Waals surface area contributed by atoms with E-state index in [9.17, 15) is 8.78 Å². The number of benzene rings is 1. The minimum Gasteiger partial charge on any atom is -0.371 e. The Labute approximate surface area is 121 Å². The molecule has 0 saturated carbocycles. The quantitative estimate of drug-likeness (QED) is 0.518. The third-order valence-electron chi connectivity index (χ3n) is 2.83. The molecule has 0 spiro atoms. The number of hydrogen-bond donors (Lipinski definition) is 0. The third kappa shape index (κ3) is 4.94. The van der Waals surface area contributed by atoms with E-state index >= 15 is 0 Å². The van der Waals surface area contributed by atoms with Crippen LogP contribution in [0.15, 0.2) is 18.2 Å². The number of ether oxygens (including phenoxy) is 2. The second-order valence-electron chi connectivity index (χ2n) is 4.24. The van der Waals surface area contributed by atoms with E-state index < -0.39 is 17.6 Å². The maximum atomic E-state index is 13.5. The number of rotatable bonds is 9. The topological polar surface area (TPSA) is 27.7 Å². The van der Waals surface area contributed by atoms with Crippen molar-refractivity contribution in [1.82, 2.24) is 0 Å². The summed E-state index contributed by atoms with van der Waals surface area (Å²) in [7, 11) is 2.96. The van der Waals surface area contributed by atoms with Crippen molar-refractivity contribution in [2.24, 2.45) is 0 Å². The molecule has 0 heterocycles. The maximum Gasteiger partial charge on any atom is 0.272 e.